The molecule has 1 saturated carbocycles. The molecule has 0 radical (unpaired) electrons. The highest BCUT2D eigenvalue weighted by molar-refractivity contribution is 6.01. The summed E-state index contributed by atoms with van der Waals surface area (Å²) in [6.07, 6.45) is 6.00. The molecule has 112 valence electrons. The second-order valence-electron chi connectivity index (χ2n) is 7.15. The lowest BCUT2D eigenvalue weighted by molar-refractivity contribution is -0.123. The number of benzene rings is 1. The van der Waals surface area contributed by atoms with Crippen LogP contribution in [0, 0.1) is 11.3 Å². The Labute approximate surface area is 127 Å². The topological polar surface area (TPSA) is 29.4 Å². The quantitative estimate of drug-likeness (QED) is 0.807. The summed E-state index contributed by atoms with van der Waals surface area (Å²) < 4.78 is 0. The highest BCUT2D eigenvalue weighted by atomic mass is 16.1. The van der Waals surface area contributed by atoms with Crippen molar-refractivity contribution in [1.29, 1.82) is 0 Å². The number of aliphatic imine (C=N–C) groups is 1. The number of rotatable bonds is 3. The maximum absolute atomic E-state index is 11.8. The first-order valence-electron chi connectivity index (χ1n) is 8.21. The maximum atomic E-state index is 11.8. The predicted octanol–water partition coefficient (Wildman–Crippen LogP) is 4.42. The minimum absolute atomic E-state index is 0.132. The van der Waals surface area contributed by atoms with Gasteiger partial charge in [-0.1, -0.05) is 44.2 Å². The van der Waals surface area contributed by atoms with Crippen molar-refractivity contribution in [1.82, 2.24) is 0 Å². The van der Waals surface area contributed by atoms with Gasteiger partial charge in [-0.15, -0.1) is 0 Å². The van der Waals surface area contributed by atoms with Crippen LogP contribution in [0.25, 0.3) is 0 Å². The number of carbonyl (C=O) groups is 1. The average molecular weight is 283 g/mol. The molecule has 1 aromatic carbocycles. The van der Waals surface area contributed by atoms with Gasteiger partial charge in [0.2, 0.25) is 0 Å². The van der Waals surface area contributed by atoms with E-state index in [1.807, 2.05) is 6.07 Å². The van der Waals surface area contributed by atoms with E-state index in [9.17, 15) is 4.79 Å². The molecule has 1 aliphatic carbocycles. The summed E-state index contributed by atoms with van der Waals surface area (Å²) in [6, 6.07) is 10.9. The Morgan fingerprint density at radius 3 is 2.57 bits per heavy atom. The molecule has 2 aliphatic rings. The van der Waals surface area contributed by atoms with Crippen LogP contribution in [0.2, 0.25) is 0 Å². The molecular formula is C19H25NO. The van der Waals surface area contributed by atoms with Gasteiger partial charge in [0, 0.05) is 18.6 Å². The van der Waals surface area contributed by atoms with Gasteiger partial charge >= 0.3 is 0 Å². The van der Waals surface area contributed by atoms with Crippen LogP contribution in [0.3, 0.4) is 0 Å². The molecule has 0 saturated heterocycles. The van der Waals surface area contributed by atoms with Crippen LogP contribution in [-0.2, 0) is 4.79 Å². The van der Waals surface area contributed by atoms with E-state index in [1.165, 1.54) is 17.7 Å². The molecule has 0 bridgehead atoms. The zero-order valence-electron chi connectivity index (χ0n) is 13.1. The Morgan fingerprint density at radius 1 is 1.10 bits per heavy atom. The van der Waals surface area contributed by atoms with Crippen molar-refractivity contribution in [3.63, 3.8) is 0 Å². The standard InChI is InChI=1S/C19H25NO/c1-19(2,15-9-6-10-16(21)13-15)18-12-11-17(20-18)14-7-4-3-5-8-14/h3-5,7-8,15,18H,6,9-13H2,1-2H3. The molecule has 1 heterocycles. The van der Waals surface area contributed by atoms with Gasteiger partial charge in [-0.25, -0.2) is 0 Å². The molecule has 2 unspecified atom stereocenters. The van der Waals surface area contributed by atoms with E-state index in [0.717, 1.165) is 32.1 Å². The van der Waals surface area contributed by atoms with E-state index in [2.05, 4.69) is 38.1 Å². The number of Topliss-reactive ketones (excluding diaryl/α,β-unsaturated/α-hetero) is 1. The van der Waals surface area contributed by atoms with Gasteiger partial charge in [0.15, 0.2) is 0 Å². The van der Waals surface area contributed by atoms with E-state index in [0.29, 0.717) is 17.7 Å². The summed E-state index contributed by atoms with van der Waals surface area (Å²) in [7, 11) is 0. The first-order chi connectivity index (χ1) is 10.1. The maximum Gasteiger partial charge on any atom is 0.133 e. The Bertz CT molecular complexity index is 544. The Balaban J connectivity index is 1.77. The Morgan fingerprint density at radius 2 is 1.86 bits per heavy atom. The van der Waals surface area contributed by atoms with Gasteiger partial charge < -0.3 is 0 Å². The summed E-state index contributed by atoms with van der Waals surface area (Å²) in [5.41, 5.74) is 2.64. The molecule has 1 fully saturated rings. The van der Waals surface area contributed by atoms with Gasteiger partial charge in [-0.3, -0.25) is 9.79 Å². The van der Waals surface area contributed by atoms with Crippen LogP contribution >= 0.6 is 0 Å². The lowest BCUT2D eigenvalue weighted by atomic mass is 9.66. The zero-order valence-corrected chi connectivity index (χ0v) is 13.1. The molecule has 0 aromatic heterocycles. The zero-order chi connectivity index (χ0) is 14.9. The average Bonchev–Trinajstić information content (AvgIpc) is 2.99. The number of hydrogen-bond donors (Lipinski definition) is 0. The number of carbonyl (C=O) groups excluding carboxylic acids is 1. The summed E-state index contributed by atoms with van der Waals surface area (Å²) in [5.74, 6) is 0.951. The van der Waals surface area contributed by atoms with Crippen molar-refractivity contribution in [2.75, 3.05) is 0 Å². The minimum Gasteiger partial charge on any atom is -0.300 e. The number of ketones is 1. The number of hydrogen-bond acceptors (Lipinski definition) is 2. The first-order valence-corrected chi connectivity index (χ1v) is 8.21. The molecule has 21 heavy (non-hydrogen) atoms. The van der Waals surface area contributed by atoms with Gasteiger partial charge in [-0.05, 0) is 42.6 Å². The van der Waals surface area contributed by atoms with E-state index >= 15 is 0 Å². The van der Waals surface area contributed by atoms with Gasteiger partial charge in [0.05, 0.1) is 6.04 Å². The molecule has 1 aromatic rings. The molecule has 2 heteroatoms. The third-order valence-corrected chi connectivity index (χ3v) is 5.47. The normalized spacial score (nSPS) is 26.8. The molecule has 0 amide bonds. The smallest absolute Gasteiger partial charge is 0.133 e. The summed E-state index contributed by atoms with van der Waals surface area (Å²) in [6.45, 7) is 4.64. The van der Waals surface area contributed by atoms with E-state index in [4.69, 9.17) is 4.99 Å². The van der Waals surface area contributed by atoms with Crippen LogP contribution in [0.1, 0.15) is 57.9 Å². The lowest BCUT2D eigenvalue weighted by Crippen LogP contribution is -2.37. The highest BCUT2D eigenvalue weighted by Crippen LogP contribution is 2.44. The SMILES string of the molecule is CC(C)(C1CCCC(=O)C1)C1CCC(c2ccccc2)=N1. The fourth-order valence-corrected chi connectivity index (χ4v) is 3.91. The third-order valence-electron chi connectivity index (χ3n) is 5.47. The van der Waals surface area contributed by atoms with Crippen LogP contribution in [0.5, 0.6) is 0 Å². The monoisotopic (exact) mass is 283 g/mol. The van der Waals surface area contributed by atoms with Crippen molar-refractivity contribution in [2.45, 2.75) is 58.4 Å². The van der Waals surface area contributed by atoms with E-state index in [-0.39, 0.29) is 5.41 Å². The van der Waals surface area contributed by atoms with E-state index < -0.39 is 0 Å². The molecule has 3 rings (SSSR count). The van der Waals surface area contributed by atoms with Gasteiger partial charge in [-0.2, -0.15) is 0 Å². The Kier molecular flexibility index (Phi) is 3.97. The van der Waals surface area contributed by atoms with Gasteiger partial charge in [0.25, 0.3) is 0 Å². The largest absolute Gasteiger partial charge is 0.300 e. The van der Waals surface area contributed by atoms with Crippen LogP contribution in [0.4, 0.5) is 0 Å². The summed E-state index contributed by atoms with van der Waals surface area (Å²) in [4.78, 5) is 16.8. The van der Waals surface area contributed by atoms with Crippen LogP contribution in [0.15, 0.2) is 35.3 Å². The summed E-state index contributed by atoms with van der Waals surface area (Å²) in [5, 5.41) is 0. The second kappa shape index (κ2) is 5.75. The van der Waals surface area contributed by atoms with Crippen molar-refractivity contribution in [3.05, 3.63) is 35.9 Å². The lowest BCUT2D eigenvalue weighted by Gasteiger charge is -2.39. The molecule has 2 nitrogen and oxygen atoms in total. The predicted molar refractivity (Wildman–Crippen MR) is 86.7 cm³/mol. The molecule has 0 spiro atoms. The van der Waals surface area contributed by atoms with Crippen molar-refractivity contribution in [3.8, 4) is 0 Å². The van der Waals surface area contributed by atoms with Crippen molar-refractivity contribution in [2.24, 2.45) is 16.3 Å². The molecule has 0 N–H and O–H groups in total. The summed E-state index contributed by atoms with van der Waals surface area (Å²) >= 11 is 0. The van der Waals surface area contributed by atoms with Crippen LogP contribution in [-0.4, -0.2) is 17.5 Å². The third kappa shape index (κ3) is 2.95. The van der Waals surface area contributed by atoms with Gasteiger partial charge in [0.1, 0.15) is 5.78 Å². The first kappa shape index (κ1) is 14.5. The second-order valence-corrected chi connectivity index (χ2v) is 7.15. The van der Waals surface area contributed by atoms with Crippen molar-refractivity contribution < 1.29 is 4.79 Å². The Hall–Kier alpha value is -1.44. The van der Waals surface area contributed by atoms with Crippen molar-refractivity contribution >= 4 is 11.5 Å². The fraction of sp³-hybridized carbons (Fsp3) is 0.579. The number of nitrogens with zero attached hydrogens (tertiary/aromatic N) is 1. The van der Waals surface area contributed by atoms with Crippen LogP contribution < -0.4 is 0 Å². The molecule has 2 atom stereocenters. The van der Waals surface area contributed by atoms with E-state index in [1.54, 1.807) is 0 Å². The molecular weight excluding hydrogens is 258 g/mol. The molecule has 1 aliphatic heterocycles. The highest BCUT2D eigenvalue weighted by Gasteiger charge is 2.41. The minimum atomic E-state index is 0.132. The fourth-order valence-electron chi connectivity index (χ4n) is 3.91.